The molecule has 0 aliphatic rings. The third kappa shape index (κ3) is 5.86. The maximum Gasteiger partial charge on any atom is 0.416 e. The molecule has 1 amide bonds. The van der Waals surface area contributed by atoms with Crippen LogP contribution in [0.3, 0.4) is 0 Å². The molecule has 0 saturated heterocycles. The predicted octanol–water partition coefficient (Wildman–Crippen LogP) is 3.04. The molecule has 10 heteroatoms. The first-order valence-electron chi connectivity index (χ1n) is 6.96. The van der Waals surface area contributed by atoms with Crippen molar-refractivity contribution in [3.63, 3.8) is 0 Å². The summed E-state index contributed by atoms with van der Waals surface area (Å²) in [5.74, 6) is -0.415. The predicted molar refractivity (Wildman–Crippen MR) is 86.5 cm³/mol. The van der Waals surface area contributed by atoms with Crippen molar-refractivity contribution >= 4 is 33.2 Å². The van der Waals surface area contributed by atoms with E-state index < -0.39 is 27.7 Å². The van der Waals surface area contributed by atoms with Gasteiger partial charge >= 0.3 is 6.18 Å². The lowest BCUT2D eigenvalue weighted by Crippen LogP contribution is -2.36. The summed E-state index contributed by atoms with van der Waals surface area (Å²) in [5, 5.41) is 2.42. The topological polar surface area (TPSA) is 66.5 Å². The number of nitrogens with zero attached hydrogens (tertiary/aromatic N) is 1. The molecule has 0 unspecified atom stereocenters. The minimum Gasteiger partial charge on any atom is -0.354 e. The first-order valence-corrected chi connectivity index (χ1v) is 9.19. The fraction of sp³-hybridized carbons (Fsp3) is 0.500. The Bertz CT molecular complexity index is 706. The zero-order valence-electron chi connectivity index (χ0n) is 13.3. The molecule has 1 rings (SSSR count). The fourth-order valence-electron chi connectivity index (χ4n) is 1.94. The van der Waals surface area contributed by atoms with Gasteiger partial charge in [-0.2, -0.15) is 13.2 Å². The Kier molecular flexibility index (Phi) is 6.52. The van der Waals surface area contributed by atoms with Crippen LogP contribution in [0.25, 0.3) is 0 Å². The molecule has 0 aliphatic carbocycles. The van der Waals surface area contributed by atoms with Gasteiger partial charge in [0.2, 0.25) is 15.9 Å². The molecule has 0 atom stereocenters. The third-order valence-electron chi connectivity index (χ3n) is 2.93. The summed E-state index contributed by atoms with van der Waals surface area (Å²) in [7, 11) is -3.93. The molecule has 0 heterocycles. The molecule has 24 heavy (non-hydrogen) atoms. The number of sulfonamides is 1. The number of nitrogens with one attached hydrogen (secondary N) is 1. The van der Waals surface area contributed by atoms with Crippen molar-refractivity contribution in [2.45, 2.75) is 32.5 Å². The summed E-state index contributed by atoms with van der Waals surface area (Å²) >= 11 is 5.87. The van der Waals surface area contributed by atoms with E-state index in [9.17, 15) is 26.4 Å². The number of anilines is 1. The Morgan fingerprint density at radius 3 is 2.38 bits per heavy atom. The van der Waals surface area contributed by atoms with Crippen molar-refractivity contribution in [1.82, 2.24) is 5.32 Å². The summed E-state index contributed by atoms with van der Waals surface area (Å²) < 4.78 is 63.1. The zero-order chi connectivity index (χ0) is 18.7. The van der Waals surface area contributed by atoms with Crippen LogP contribution in [0.1, 0.15) is 25.8 Å². The highest BCUT2D eigenvalue weighted by molar-refractivity contribution is 7.92. The number of hydrogen-bond acceptors (Lipinski definition) is 3. The Hall–Kier alpha value is -1.48. The van der Waals surface area contributed by atoms with Gasteiger partial charge in [-0.3, -0.25) is 9.10 Å². The Morgan fingerprint density at radius 1 is 1.33 bits per heavy atom. The first kappa shape index (κ1) is 20.6. The smallest absolute Gasteiger partial charge is 0.354 e. The van der Waals surface area contributed by atoms with Gasteiger partial charge in [0.1, 0.15) is 0 Å². The lowest BCUT2D eigenvalue weighted by Gasteiger charge is -2.24. The van der Waals surface area contributed by atoms with Gasteiger partial charge in [0.05, 0.1) is 22.5 Å². The summed E-state index contributed by atoms with van der Waals surface area (Å²) in [4.78, 5) is 11.7. The number of hydrogen-bond donors (Lipinski definition) is 1. The van der Waals surface area contributed by atoms with Gasteiger partial charge in [-0.1, -0.05) is 11.6 Å². The van der Waals surface area contributed by atoms with Gasteiger partial charge in [0.25, 0.3) is 0 Å². The zero-order valence-corrected chi connectivity index (χ0v) is 14.9. The van der Waals surface area contributed by atoms with Gasteiger partial charge in [0, 0.05) is 19.0 Å². The van der Waals surface area contributed by atoms with Crippen molar-refractivity contribution in [2.75, 3.05) is 17.1 Å². The summed E-state index contributed by atoms with van der Waals surface area (Å²) in [6.45, 7) is 3.14. The number of carbonyl (C=O) groups excluding carboxylic acids is 1. The van der Waals surface area contributed by atoms with E-state index in [1.807, 2.05) is 0 Å². The molecule has 1 aromatic rings. The second-order valence-corrected chi connectivity index (χ2v) is 7.79. The molecule has 0 bridgehead atoms. The van der Waals surface area contributed by atoms with Crippen molar-refractivity contribution in [3.05, 3.63) is 28.8 Å². The number of alkyl halides is 3. The van der Waals surface area contributed by atoms with Gasteiger partial charge in [0.15, 0.2) is 0 Å². The lowest BCUT2D eigenvalue weighted by molar-refractivity contribution is -0.137. The lowest BCUT2D eigenvalue weighted by atomic mass is 10.2. The molecule has 1 aromatic carbocycles. The number of benzene rings is 1. The van der Waals surface area contributed by atoms with Crippen LogP contribution < -0.4 is 9.62 Å². The molecular formula is C14H18ClF3N2O3S. The second kappa shape index (κ2) is 7.60. The molecule has 1 N–H and O–H groups in total. The summed E-state index contributed by atoms with van der Waals surface area (Å²) in [6, 6.07) is 2.26. The Balaban J connectivity index is 3.16. The van der Waals surface area contributed by atoms with Gasteiger partial charge in [-0.25, -0.2) is 8.42 Å². The highest BCUT2D eigenvalue weighted by Crippen LogP contribution is 2.36. The van der Waals surface area contributed by atoms with Crippen LogP contribution in [-0.4, -0.2) is 33.2 Å². The maximum absolute atomic E-state index is 12.8. The standard InChI is InChI=1S/C14H18ClF3N2O3S/c1-9(2)19-13(21)6-7-20(24(3,22)23)12-8-10(14(16,17)18)4-5-11(12)15/h4-5,8-9H,6-7H2,1-3H3,(H,19,21). The molecule has 0 saturated carbocycles. The van der Waals surface area contributed by atoms with Crippen LogP contribution in [-0.2, 0) is 21.0 Å². The van der Waals surface area contributed by atoms with E-state index in [0.717, 1.165) is 18.4 Å². The van der Waals surface area contributed by atoms with Gasteiger partial charge < -0.3 is 5.32 Å². The van der Waals surface area contributed by atoms with Crippen LogP contribution in [0, 0.1) is 0 Å². The van der Waals surface area contributed by atoms with Gasteiger partial charge in [-0.15, -0.1) is 0 Å². The minimum absolute atomic E-state index is 0.138. The quantitative estimate of drug-likeness (QED) is 0.817. The van der Waals surface area contributed by atoms with E-state index in [1.165, 1.54) is 0 Å². The van der Waals surface area contributed by atoms with E-state index in [-0.39, 0.29) is 29.7 Å². The van der Waals surface area contributed by atoms with Crippen LogP contribution in [0.4, 0.5) is 18.9 Å². The second-order valence-electron chi connectivity index (χ2n) is 5.47. The number of carbonyl (C=O) groups is 1. The van der Waals surface area contributed by atoms with E-state index in [1.54, 1.807) is 13.8 Å². The molecule has 136 valence electrons. The monoisotopic (exact) mass is 386 g/mol. The average Bonchev–Trinajstić information content (AvgIpc) is 2.37. The van der Waals surface area contributed by atoms with E-state index in [2.05, 4.69) is 5.32 Å². The summed E-state index contributed by atoms with van der Waals surface area (Å²) in [6.07, 6.45) is -4.01. The number of amides is 1. The SMILES string of the molecule is CC(C)NC(=O)CCN(c1cc(C(F)(F)F)ccc1Cl)S(C)(=O)=O. The van der Waals surface area contributed by atoms with Crippen molar-refractivity contribution in [3.8, 4) is 0 Å². The van der Waals surface area contributed by atoms with Crippen molar-refractivity contribution in [1.29, 1.82) is 0 Å². The van der Waals surface area contributed by atoms with Crippen molar-refractivity contribution < 1.29 is 26.4 Å². The molecule has 0 aromatic heterocycles. The molecule has 0 spiro atoms. The molecular weight excluding hydrogens is 369 g/mol. The number of halogens is 4. The number of rotatable bonds is 6. The minimum atomic E-state index is -4.64. The highest BCUT2D eigenvalue weighted by Gasteiger charge is 2.32. The van der Waals surface area contributed by atoms with E-state index in [0.29, 0.717) is 10.4 Å². The van der Waals surface area contributed by atoms with E-state index in [4.69, 9.17) is 11.6 Å². The third-order valence-corrected chi connectivity index (χ3v) is 4.43. The molecule has 0 aliphatic heterocycles. The summed E-state index contributed by atoms with van der Waals surface area (Å²) in [5.41, 5.74) is -1.34. The highest BCUT2D eigenvalue weighted by atomic mass is 35.5. The molecule has 5 nitrogen and oxygen atoms in total. The van der Waals surface area contributed by atoms with Crippen LogP contribution in [0.5, 0.6) is 0 Å². The van der Waals surface area contributed by atoms with Crippen LogP contribution in [0.15, 0.2) is 18.2 Å². The first-order chi connectivity index (χ1) is 10.8. The van der Waals surface area contributed by atoms with Crippen LogP contribution >= 0.6 is 11.6 Å². The largest absolute Gasteiger partial charge is 0.416 e. The van der Waals surface area contributed by atoms with Crippen LogP contribution in [0.2, 0.25) is 5.02 Å². The molecule has 0 fully saturated rings. The Morgan fingerprint density at radius 2 is 1.92 bits per heavy atom. The van der Waals surface area contributed by atoms with Crippen molar-refractivity contribution in [2.24, 2.45) is 0 Å². The average molecular weight is 387 g/mol. The molecule has 0 radical (unpaired) electrons. The normalized spacial score (nSPS) is 12.3. The van der Waals surface area contributed by atoms with Gasteiger partial charge in [-0.05, 0) is 32.0 Å². The van der Waals surface area contributed by atoms with E-state index >= 15 is 0 Å². The maximum atomic E-state index is 12.8. The fourth-order valence-corrected chi connectivity index (χ4v) is 3.14. The Labute approximate surface area is 143 Å².